The first-order chi connectivity index (χ1) is 17.8. The Labute approximate surface area is 221 Å². The summed E-state index contributed by atoms with van der Waals surface area (Å²) in [5.41, 5.74) is 4.19. The van der Waals surface area contributed by atoms with E-state index in [0.29, 0.717) is 43.4 Å². The number of likely N-dealkylation sites (N-methyl/N-ethyl adjacent to an activating group) is 1. The summed E-state index contributed by atoms with van der Waals surface area (Å²) < 4.78 is 5.53. The molecular weight excluding hydrogens is 468 g/mol. The lowest BCUT2D eigenvalue weighted by Gasteiger charge is -2.38. The van der Waals surface area contributed by atoms with Crippen LogP contribution in [0.15, 0.2) is 29.5 Å². The lowest BCUT2D eigenvalue weighted by Crippen LogP contribution is -2.51. The normalized spacial score (nSPS) is 21.7. The number of benzene rings is 1. The Morgan fingerprint density at radius 3 is 2.49 bits per heavy atom. The van der Waals surface area contributed by atoms with Gasteiger partial charge in [-0.2, -0.15) is 0 Å². The highest BCUT2D eigenvalue weighted by molar-refractivity contribution is 5.95. The quantitative estimate of drug-likeness (QED) is 0.562. The molecule has 0 bridgehead atoms. The average molecular weight is 511 g/mol. The molecule has 2 fully saturated rings. The number of amides is 3. The van der Waals surface area contributed by atoms with E-state index in [1.54, 1.807) is 11.8 Å². The molecule has 1 N–H and O–H groups in total. The van der Waals surface area contributed by atoms with Crippen molar-refractivity contribution in [1.29, 1.82) is 0 Å². The molecule has 4 rings (SSSR count). The fourth-order valence-corrected chi connectivity index (χ4v) is 5.95. The number of rotatable bonds is 7. The van der Waals surface area contributed by atoms with Gasteiger partial charge in [0.15, 0.2) is 0 Å². The van der Waals surface area contributed by atoms with E-state index in [9.17, 15) is 14.4 Å². The molecule has 2 aliphatic heterocycles. The minimum absolute atomic E-state index is 0.181. The fourth-order valence-electron chi connectivity index (χ4n) is 5.95. The third-order valence-corrected chi connectivity index (χ3v) is 7.97. The fraction of sp³-hybridized carbons (Fsp3) is 0.621. The zero-order valence-electron chi connectivity index (χ0n) is 22.8. The van der Waals surface area contributed by atoms with Crippen molar-refractivity contribution in [2.75, 3.05) is 45.9 Å². The van der Waals surface area contributed by atoms with Gasteiger partial charge in [-0.15, -0.1) is 0 Å². The van der Waals surface area contributed by atoms with Crippen molar-refractivity contribution in [2.45, 2.75) is 65.8 Å². The number of hydrogen-bond acceptors (Lipinski definition) is 5. The Bertz CT molecular complexity index is 1050. The van der Waals surface area contributed by atoms with Crippen molar-refractivity contribution in [3.05, 3.63) is 46.2 Å². The van der Waals surface area contributed by atoms with E-state index in [4.69, 9.17) is 4.74 Å². The second-order valence-corrected chi connectivity index (χ2v) is 10.5. The molecule has 1 unspecified atom stereocenters. The predicted octanol–water partition coefficient (Wildman–Crippen LogP) is 3.93. The van der Waals surface area contributed by atoms with E-state index < -0.39 is 12.0 Å². The number of hydrogen-bond donors (Lipinski definition) is 1. The smallest absolute Gasteiger partial charge is 0.338 e. The third kappa shape index (κ3) is 6.00. The molecule has 8 nitrogen and oxygen atoms in total. The number of esters is 1. The Morgan fingerprint density at radius 2 is 1.78 bits per heavy atom. The van der Waals surface area contributed by atoms with Gasteiger partial charge in [0.1, 0.15) is 0 Å². The first kappa shape index (κ1) is 27.2. The van der Waals surface area contributed by atoms with Gasteiger partial charge in [-0.1, -0.05) is 36.6 Å². The first-order valence-electron chi connectivity index (χ1n) is 13.9. The van der Waals surface area contributed by atoms with E-state index in [1.807, 2.05) is 43.9 Å². The molecule has 0 aromatic heterocycles. The van der Waals surface area contributed by atoms with Gasteiger partial charge in [0, 0.05) is 50.9 Å². The van der Waals surface area contributed by atoms with Gasteiger partial charge in [-0.25, -0.2) is 9.59 Å². The molecule has 37 heavy (non-hydrogen) atoms. The van der Waals surface area contributed by atoms with Crippen molar-refractivity contribution in [3.63, 3.8) is 0 Å². The van der Waals surface area contributed by atoms with Crippen LogP contribution in [0.25, 0.3) is 0 Å². The summed E-state index contributed by atoms with van der Waals surface area (Å²) in [7, 11) is 0. The van der Waals surface area contributed by atoms with Gasteiger partial charge < -0.3 is 15.0 Å². The van der Waals surface area contributed by atoms with E-state index in [1.165, 1.54) is 0 Å². The largest absolute Gasteiger partial charge is 0.463 e. The molecular formula is C29H42N4O4. The summed E-state index contributed by atoms with van der Waals surface area (Å²) >= 11 is 0. The molecule has 3 aliphatic rings. The summed E-state index contributed by atoms with van der Waals surface area (Å²) in [5, 5.41) is 3.08. The molecule has 2 heterocycles. The number of carbonyl (C=O) groups excluding carboxylic acids is 3. The van der Waals surface area contributed by atoms with Crippen LogP contribution in [0.2, 0.25) is 0 Å². The van der Waals surface area contributed by atoms with Crippen LogP contribution < -0.4 is 5.32 Å². The second-order valence-electron chi connectivity index (χ2n) is 10.5. The lowest BCUT2D eigenvalue weighted by molar-refractivity contribution is -0.139. The molecule has 8 heteroatoms. The third-order valence-electron chi connectivity index (χ3n) is 7.97. The van der Waals surface area contributed by atoms with Gasteiger partial charge in [-0.05, 0) is 58.1 Å². The SMILES string of the molecule is CCOC(=O)C1=C(CN2CCCN(C(=O)C3CCCC3)CC2)N(CC)C(=O)NC1c1cc(C)ccc1C. The second kappa shape index (κ2) is 12.1. The van der Waals surface area contributed by atoms with Crippen LogP contribution in [0, 0.1) is 19.8 Å². The van der Waals surface area contributed by atoms with E-state index >= 15 is 0 Å². The number of nitrogens with one attached hydrogen (secondary N) is 1. The summed E-state index contributed by atoms with van der Waals surface area (Å²) in [6.45, 7) is 11.9. The predicted molar refractivity (Wildman–Crippen MR) is 143 cm³/mol. The number of ether oxygens (including phenoxy) is 1. The van der Waals surface area contributed by atoms with Gasteiger partial charge in [0.2, 0.25) is 5.91 Å². The zero-order chi connectivity index (χ0) is 26.5. The Balaban J connectivity index is 1.64. The zero-order valence-corrected chi connectivity index (χ0v) is 22.8. The molecule has 202 valence electrons. The number of urea groups is 1. The van der Waals surface area contributed by atoms with E-state index in [2.05, 4.69) is 10.2 Å². The van der Waals surface area contributed by atoms with Crippen molar-refractivity contribution in [1.82, 2.24) is 20.0 Å². The molecule has 1 atom stereocenters. The topological polar surface area (TPSA) is 82.2 Å². The Hall–Kier alpha value is -2.87. The molecule has 1 aromatic rings. The van der Waals surface area contributed by atoms with Gasteiger partial charge in [0.05, 0.1) is 18.2 Å². The molecule has 0 radical (unpaired) electrons. The minimum atomic E-state index is -0.573. The maximum absolute atomic E-state index is 13.4. The summed E-state index contributed by atoms with van der Waals surface area (Å²) in [6.07, 6.45) is 5.19. The van der Waals surface area contributed by atoms with Crippen molar-refractivity contribution >= 4 is 17.9 Å². The van der Waals surface area contributed by atoms with Crippen LogP contribution in [0.3, 0.4) is 0 Å². The standard InChI is InChI=1S/C29H42N4O4/c1-5-33-24(19-31-14-9-15-32(17-16-31)27(34)22-10-7-8-11-22)25(28(35)37-6-2)26(30-29(33)36)23-18-20(3)12-13-21(23)4/h12-13,18,22,26H,5-11,14-17,19H2,1-4H3,(H,30,36). The maximum atomic E-state index is 13.4. The molecule has 1 aromatic carbocycles. The van der Waals surface area contributed by atoms with Crippen molar-refractivity contribution < 1.29 is 19.1 Å². The van der Waals surface area contributed by atoms with Gasteiger partial charge in [-0.3, -0.25) is 14.6 Å². The molecule has 3 amide bonds. The van der Waals surface area contributed by atoms with E-state index in [-0.39, 0.29) is 18.6 Å². The summed E-state index contributed by atoms with van der Waals surface area (Å²) in [6, 6.07) is 5.32. The highest BCUT2D eigenvalue weighted by atomic mass is 16.5. The van der Waals surface area contributed by atoms with Crippen LogP contribution in [0.4, 0.5) is 4.79 Å². The van der Waals surface area contributed by atoms with Crippen LogP contribution in [-0.2, 0) is 14.3 Å². The molecule has 1 saturated heterocycles. The number of aryl methyl sites for hydroxylation is 2. The molecule has 1 saturated carbocycles. The first-order valence-corrected chi connectivity index (χ1v) is 13.9. The van der Waals surface area contributed by atoms with E-state index in [0.717, 1.165) is 61.9 Å². The monoisotopic (exact) mass is 510 g/mol. The Kier molecular flexibility index (Phi) is 8.90. The highest BCUT2D eigenvalue weighted by Gasteiger charge is 2.39. The van der Waals surface area contributed by atoms with Crippen LogP contribution in [0.5, 0.6) is 0 Å². The van der Waals surface area contributed by atoms with Gasteiger partial charge >= 0.3 is 12.0 Å². The van der Waals surface area contributed by atoms with Gasteiger partial charge in [0.25, 0.3) is 0 Å². The number of carbonyl (C=O) groups is 3. The van der Waals surface area contributed by atoms with Crippen LogP contribution in [-0.4, -0.2) is 78.5 Å². The van der Waals surface area contributed by atoms with Crippen molar-refractivity contribution in [3.8, 4) is 0 Å². The van der Waals surface area contributed by atoms with Crippen molar-refractivity contribution in [2.24, 2.45) is 5.92 Å². The Morgan fingerprint density at radius 1 is 1.03 bits per heavy atom. The summed E-state index contributed by atoms with van der Waals surface area (Å²) in [4.78, 5) is 45.7. The van der Waals surface area contributed by atoms with Crippen LogP contribution in [0.1, 0.15) is 68.7 Å². The number of nitrogens with zero attached hydrogens (tertiary/aromatic N) is 3. The lowest BCUT2D eigenvalue weighted by atomic mass is 9.90. The molecule has 0 spiro atoms. The average Bonchev–Trinajstić information content (AvgIpc) is 3.32. The maximum Gasteiger partial charge on any atom is 0.338 e. The van der Waals surface area contributed by atoms with Crippen LogP contribution >= 0.6 is 0 Å². The summed E-state index contributed by atoms with van der Waals surface area (Å²) in [5.74, 6) is 0.0864. The highest BCUT2D eigenvalue weighted by Crippen LogP contribution is 2.34. The minimum Gasteiger partial charge on any atom is -0.463 e. The molecule has 1 aliphatic carbocycles.